The molecule has 2 atom stereocenters. The number of benzene rings is 2. The predicted molar refractivity (Wildman–Crippen MR) is 132 cm³/mol. The number of nitriles is 1. The number of carbonyl (C=O) groups excluding carboxylic acids is 2. The van der Waals surface area contributed by atoms with E-state index < -0.39 is 33.5 Å². The van der Waals surface area contributed by atoms with Crippen LogP contribution in [0.25, 0.3) is 0 Å². The Kier molecular flexibility index (Phi) is 6.50. The average Bonchev–Trinajstić information content (AvgIpc) is 3.66. The summed E-state index contributed by atoms with van der Waals surface area (Å²) in [5.41, 5.74) is 0.285. The minimum absolute atomic E-state index is 0.171. The van der Waals surface area contributed by atoms with Gasteiger partial charge in [0, 0.05) is 18.7 Å². The molecule has 0 saturated heterocycles. The van der Waals surface area contributed by atoms with Crippen LogP contribution in [-0.2, 0) is 4.79 Å². The van der Waals surface area contributed by atoms with Gasteiger partial charge in [-0.05, 0) is 48.7 Å². The van der Waals surface area contributed by atoms with Gasteiger partial charge >= 0.3 is 0 Å². The molecule has 2 aliphatic rings. The first-order valence-electron chi connectivity index (χ1n) is 9.75. The number of amides is 2. The van der Waals surface area contributed by atoms with Crippen molar-refractivity contribution < 1.29 is 9.59 Å². The Labute approximate surface area is 220 Å². The van der Waals surface area contributed by atoms with Crippen molar-refractivity contribution in [3.8, 4) is 6.07 Å². The van der Waals surface area contributed by atoms with Gasteiger partial charge in [0.1, 0.15) is 9.87 Å². The molecule has 0 radical (unpaired) electrons. The largest absolute Gasteiger partial charge is 0.326 e. The maximum Gasteiger partial charge on any atom is 0.256 e. The van der Waals surface area contributed by atoms with E-state index >= 15 is 0 Å². The molecular formula is C22H15Cl6N3O2. The molecule has 2 aromatic carbocycles. The van der Waals surface area contributed by atoms with Crippen molar-refractivity contribution in [3.63, 3.8) is 0 Å². The fourth-order valence-electron chi connectivity index (χ4n) is 3.82. The Morgan fingerprint density at radius 2 is 1.67 bits per heavy atom. The topological polar surface area (TPSA) is 73.2 Å². The number of hydrogen-bond donors (Lipinski definition) is 1. The van der Waals surface area contributed by atoms with Crippen molar-refractivity contribution in [2.24, 2.45) is 5.92 Å². The van der Waals surface area contributed by atoms with Crippen LogP contribution in [0.5, 0.6) is 0 Å². The van der Waals surface area contributed by atoms with Crippen molar-refractivity contribution >= 4 is 87.1 Å². The molecule has 0 aromatic heterocycles. The maximum absolute atomic E-state index is 13.0. The van der Waals surface area contributed by atoms with Crippen molar-refractivity contribution in [2.75, 3.05) is 12.4 Å². The van der Waals surface area contributed by atoms with Gasteiger partial charge < -0.3 is 10.2 Å². The number of nitrogens with one attached hydrogen (secondary N) is 1. The molecule has 5 nitrogen and oxygen atoms in total. The average molecular weight is 566 g/mol. The SMILES string of the molecule is CN(C(=O)c1cc(NC(=O)C2C(c3cc(Cl)c(Cl)c(Cl)c3)C2(Cl)Cl)ccc1Cl)C1(C#N)CC1. The second-order valence-electron chi connectivity index (χ2n) is 8.12. The first kappa shape index (κ1) is 24.7. The van der Waals surface area contributed by atoms with Gasteiger partial charge in [-0.3, -0.25) is 9.59 Å². The zero-order chi connectivity index (χ0) is 24.3. The zero-order valence-corrected chi connectivity index (χ0v) is 21.5. The molecule has 2 unspecified atom stereocenters. The van der Waals surface area contributed by atoms with Gasteiger partial charge in [0.25, 0.3) is 5.91 Å². The lowest BCUT2D eigenvalue weighted by Crippen LogP contribution is -2.38. The van der Waals surface area contributed by atoms with E-state index in [9.17, 15) is 14.9 Å². The summed E-state index contributed by atoms with van der Waals surface area (Å²) in [7, 11) is 1.56. The number of carbonyl (C=O) groups is 2. The lowest BCUT2D eigenvalue weighted by atomic mass is 10.1. The summed E-state index contributed by atoms with van der Waals surface area (Å²) in [6.45, 7) is 0. The van der Waals surface area contributed by atoms with Crippen LogP contribution >= 0.6 is 69.6 Å². The molecule has 0 heterocycles. The number of halogens is 6. The molecule has 2 saturated carbocycles. The van der Waals surface area contributed by atoms with Crippen LogP contribution < -0.4 is 5.32 Å². The maximum atomic E-state index is 13.0. The monoisotopic (exact) mass is 563 g/mol. The Morgan fingerprint density at radius 3 is 2.21 bits per heavy atom. The molecule has 2 fully saturated rings. The second kappa shape index (κ2) is 8.68. The Morgan fingerprint density at radius 1 is 1.06 bits per heavy atom. The smallest absolute Gasteiger partial charge is 0.256 e. The Bertz CT molecular complexity index is 1200. The summed E-state index contributed by atoms with van der Waals surface area (Å²) in [5, 5.41) is 13.0. The third kappa shape index (κ3) is 4.38. The van der Waals surface area contributed by atoms with E-state index in [0.717, 1.165) is 0 Å². The zero-order valence-electron chi connectivity index (χ0n) is 16.9. The molecule has 0 spiro atoms. The van der Waals surface area contributed by atoms with E-state index in [0.29, 0.717) is 24.1 Å². The van der Waals surface area contributed by atoms with Gasteiger partial charge in [-0.1, -0.05) is 46.4 Å². The van der Waals surface area contributed by atoms with Gasteiger partial charge in [0.2, 0.25) is 5.91 Å². The van der Waals surface area contributed by atoms with Gasteiger partial charge in [0.15, 0.2) is 0 Å². The highest BCUT2D eigenvalue weighted by molar-refractivity contribution is 6.54. The molecule has 2 aromatic rings. The standard InChI is InChI=1S/C22H15Cl6N3O2/c1-31(21(9-29)4-5-21)20(33)12-8-11(2-3-13(12)23)30-19(32)17-16(22(17,27)28)10-6-14(24)18(26)15(25)7-10/h2-3,6-8,16-17H,4-5H2,1H3,(H,30,32). The number of alkyl halides is 2. The minimum Gasteiger partial charge on any atom is -0.326 e. The number of rotatable bonds is 5. The van der Waals surface area contributed by atoms with Crippen LogP contribution in [0.4, 0.5) is 5.69 Å². The van der Waals surface area contributed by atoms with Crippen LogP contribution in [0.15, 0.2) is 30.3 Å². The molecule has 2 aliphatic carbocycles. The van der Waals surface area contributed by atoms with Crippen LogP contribution in [0.3, 0.4) is 0 Å². The molecule has 11 heteroatoms. The lowest BCUT2D eigenvalue weighted by Gasteiger charge is -2.23. The van der Waals surface area contributed by atoms with Crippen molar-refractivity contribution in [1.29, 1.82) is 5.26 Å². The van der Waals surface area contributed by atoms with Crippen molar-refractivity contribution in [2.45, 2.75) is 28.6 Å². The van der Waals surface area contributed by atoms with E-state index in [2.05, 4.69) is 11.4 Å². The fourth-order valence-corrected chi connectivity index (χ4v) is 5.46. The van der Waals surface area contributed by atoms with Crippen LogP contribution in [0.1, 0.15) is 34.7 Å². The van der Waals surface area contributed by atoms with E-state index in [4.69, 9.17) is 69.6 Å². The molecule has 4 rings (SSSR count). The highest BCUT2D eigenvalue weighted by Gasteiger charge is 2.67. The van der Waals surface area contributed by atoms with Gasteiger partial charge in [0.05, 0.1) is 37.6 Å². The van der Waals surface area contributed by atoms with Crippen LogP contribution in [-0.4, -0.2) is 33.6 Å². The van der Waals surface area contributed by atoms with Crippen molar-refractivity contribution in [1.82, 2.24) is 4.90 Å². The molecule has 2 amide bonds. The highest BCUT2D eigenvalue weighted by Crippen LogP contribution is 2.65. The van der Waals surface area contributed by atoms with E-state index in [1.807, 2.05) is 0 Å². The number of anilines is 1. The minimum atomic E-state index is -1.37. The normalized spacial score (nSPS) is 21.6. The predicted octanol–water partition coefficient (Wildman–Crippen LogP) is 6.95. The molecule has 0 aliphatic heterocycles. The summed E-state index contributed by atoms with van der Waals surface area (Å²) in [6, 6.07) is 9.84. The molecular weight excluding hydrogens is 551 g/mol. The molecule has 0 bridgehead atoms. The molecule has 33 heavy (non-hydrogen) atoms. The van der Waals surface area contributed by atoms with E-state index in [-0.39, 0.29) is 25.7 Å². The Balaban J connectivity index is 1.54. The third-order valence-electron chi connectivity index (χ3n) is 6.04. The van der Waals surface area contributed by atoms with Crippen molar-refractivity contribution in [3.05, 3.63) is 61.5 Å². The van der Waals surface area contributed by atoms with E-state index in [1.54, 1.807) is 25.2 Å². The lowest BCUT2D eigenvalue weighted by molar-refractivity contribution is -0.117. The highest BCUT2D eigenvalue weighted by atomic mass is 35.5. The molecule has 172 valence electrons. The summed E-state index contributed by atoms with van der Waals surface area (Å²) < 4.78 is -1.37. The van der Waals surface area contributed by atoms with Crippen LogP contribution in [0.2, 0.25) is 20.1 Å². The summed E-state index contributed by atoms with van der Waals surface area (Å²) in [4.78, 5) is 27.3. The fraction of sp³-hybridized carbons (Fsp3) is 0.318. The summed E-state index contributed by atoms with van der Waals surface area (Å²) in [6.07, 6.45) is 1.21. The van der Waals surface area contributed by atoms with Crippen LogP contribution in [0, 0.1) is 17.2 Å². The third-order valence-corrected chi connectivity index (χ3v) is 8.51. The first-order chi connectivity index (χ1) is 15.4. The summed E-state index contributed by atoms with van der Waals surface area (Å²) in [5.74, 6) is -2.20. The Hall–Kier alpha value is -1.39. The first-order valence-corrected chi connectivity index (χ1v) is 12.0. The molecule has 1 N–H and O–H groups in total. The van der Waals surface area contributed by atoms with Gasteiger partial charge in [-0.15, -0.1) is 23.2 Å². The second-order valence-corrected chi connectivity index (χ2v) is 11.2. The summed E-state index contributed by atoms with van der Waals surface area (Å²) >= 11 is 37.3. The number of nitrogens with zero attached hydrogens (tertiary/aromatic N) is 2. The van der Waals surface area contributed by atoms with Gasteiger partial charge in [-0.2, -0.15) is 5.26 Å². The number of hydrogen-bond acceptors (Lipinski definition) is 3. The quantitative estimate of drug-likeness (QED) is 0.315. The van der Waals surface area contributed by atoms with Gasteiger partial charge in [-0.25, -0.2) is 0 Å². The van der Waals surface area contributed by atoms with E-state index in [1.165, 1.54) is 17.0 Å².